The first-order chi connectivity index (χ1) is 9.65. The lowest BCUT2D eigenvalue weighted by atomic mass is 9.87. The molecule has 0 radical (unpaired) electrons. The first kappa shape index (κ1) is 14.9. The Morgan fingerprint density at radius 2 is 2.00 bits per heavy atom. The van der Waals surface area contributed by atoms with Gasteiger partial charge in [0, 0.05) is 18.2 Å². The van der Waals surface area contributed by atoms with Gasteiger partial charge in [-0.25, -0.2) is 4.79 Å². The number of ether oxygens (including phenoxy) is 1. The number of nitrogens with one attached hydrogen (secondary N) is 1. The van der Waals surface area contributed by atoms with E-state index >= 15 is 0 Å². The zero-order chi connectivity index (χ0) is 14.4. The first-order valence-electron chi connectivity index (χ1n) is 7.31. The van der Waals surface area contributed by atoms with E-state index in [9.17, 15) is 4.79 Å². The molecular formula is C16H23NO3. The van der Waals surface area contributed by atoms with Crippen LogP contribution >= 0.6 is 0 Å². The Balaban J connectivity index is 1.87. The second-order valence-electron chi connectivity index (χ2n) is 5.63. The molecule has 110 valence electrons. The molecule has 1 fully saturated rings. The summed E-state index contributed by atoms with van der Waals surface area (Å²) in [7, 11) is 0. The highest BCUT2D eigenvalue weighted by Gasteiger charge is 2.17. The van der Waals surface area contributed by atoms with E-state index < -0.39 is 5.97 Å². The van der Waals surface area contributed by atoms with Crippen LogP contribution in [0, 0.1) is 5.92 Å². The third-order valence-electron chi connectivity index (χ3n) is 3.92. The Labute approximate surface area is 120 Å². The number of hydrogen-bond acceptors (Lipinski definition) is 3. The van der Waals surface area contributed by atoms with Crippen LogP contribution < -0.4 is 10.1 Å². The largest absolute Gasteiger partial charge is 0.482 e. The van der Waals surface area contributed by atoms with E-state index in [-0.39, 0.29) is 6.61 Å². The van der Waals surface area contributed by atoms with Gasteiger partial charge in [0.2, 0.25) is 0 Å². The lowest BCUT2D eigenvalue weighted by molar-refractivity contribution is -0.139. The van der Waals surface area contributed by atoms with Crippen LogP contribution in [0.15, 0.2) is 24.3 Å². The van der Waals surface area contributed by atoms with Crippen LogP contribution in [0.4, 0.5) is 0 Å². The minimum atomic E-state index is -0.950. The predicted octanol–water partition coefficient (Wildman–Crippen LogP) is 2.82. The maximum Gasteiger partial charge on any atom is 0.341 e. The molecule has 1 saturated carbocycles. The number of carboxylic acid groups (broad SMARTS) is 1. The van der Waals surface area contributed by atoms with Gasteiger partial charge in [0.05, 0.1) is 0 Å². The monoisotopic (exact) mass is 277 g/mol. The maximum absolute atomic E-state index is 10.6. The van der Waals surface area contributed by atoms with Crippen LogP contribution in [0.2, 0.25) is 0 Å². The molecule has 2 rings (SSSR count). The number of hydrogen-bond donors (Lipinski definition) is 2. The van der Waals surface area contributed by atoms with Gasteiger partial charge in [-0.2, -0.15) is 0 Å². The average Bonchev–Trinajstić information content (AvgIpc) is 2.45. The Bertz CT molecular complexity index is 439. The Morgan fingerprint density at radius 1 is 1.30 bits per heavy atom. The molecule has 0 amide bonds. The SMILES string of the molecule is C[C@H]1CC[C@H](NCc2ccccc2OCC(=O)O)CC1. The van der Waals surface area contributed by atoms with Gasteiger partial charge in [0.15, 0.2) is 6.61 Å². The summed E-state index contributed by atoms with van der Waals surface area (Å²) in [6.45, 7) is 2.75. The van der Waals surface area contributed by atoms with Gasteiger partial charge < -0.3 is 15.2 Å². The molecule has 0 aliphatic heterocycles. The Morgan fingerprint density at radius 3 is 2.70 bits per heavy atom. The molecule has 0 aromatic heterocycles. The molecule has 1 aromatic carbocycles. The summed E-state index contributed by atoms with van der Waals surface area (Å²) in [6.07, 6.45) is 5.02. The van der Waals surface area contributed by atoms with Gasteiger partial charge in [0.25, 0.3) is 0 Å². The van der Waals surface area contributed by atoms with Crippen molar-refractivity contribution in [2.75, 3.05) is 6.61 Å². The minimum absolute atomic E-state index is 0.294. The summed E-state index contributed by atoms with van der Waals surface area (Å²) in [6, 6.07) is 8.19. The van der Waals surface area contributed by atoms with Crippen LogP contribution in [0.25, 0.3) is 0 Å². The number of para-hydroxylation sites is 1. The molecule has 0 bridgehead atoms. The van der Waals surface area contributed by atoms with Gasteiger partial charge in [-0.15, -0.1) is 0 Å². The Kier molecular flexibility index (Phi) is 5.41. The lowest BCUT2D eigenvalue weighted by Gasteiger charge is -2.27. The second kappa shape index (κ2) is 7.29. The lowest BCUT2D eigenvalue weighted by Crippen LogP contribution is -2.32. The summed E-state index contributed by atoms with van der Waals surface area (Å²) < 4.78 is 5.32. The fourth-order valence-corrected chi connectivity index (χ4v) is 2.65. The van der Waals surface area contributed by atoms with Gasteiger partial charge in [0.1, 0.15) is 5.75 Å². The number of carboxylic acids is 1. The third kappa shape index (κ3) is 4.53. The molecule has 20 heavy (non-hydrogen) atoms. The zero-order valence-corrected chi connectivity index (χ0v) is 12.0. The molecule has 0 heterocycles. The van der Waals surface area contributed by atoms with Crippen molar-refractivity contribution in [2.24, 2.45) is 5.92 Å². The molecular weight excluding hydrogens is 254 g/mol. The highest BCUT2D eigenvalue weighted by Crippen LogP contribution is 2.24. The van der Waals surface area contributed by atoms with Crippen LogP contribution in [-0.4, -0.2) is 23.7 Å². The van der Waals surface area contributed by atoms with Crippen LogP contribution in [-0.2, 0) is 11.3 Å². The van der Waals surface area contributed by atoms with Crippen molar-refractivity contribution in [3.63, 3.8) is 0 Å². The van der Waals surface area contributed by atoms with Crippen molar-refractivity contribution in [3.8, 4) is 5.75 Å². The standard InChI is InChI=1S/C16H23NO3/c1-12-6-8-14(9-7-12)17-10-13-4-2-3-5-15(13)20-11-16(18)19/h2-5,12,14,17H,6-11H2,1H3,(H,18,19)/t12-,14-. The normalized spacial score (nSPS) is 22.4. The van der Waals surface area contributed by atoms with Crippen molar-refractivity contribution >= 4 is 5.97 Å². The van der Waals surface area contributed by atoms with Crippen molar-refractivity contribution in [1.82, 2.24) is 5.32 Å². The summed E-state index contributed by atoms with van der Waals surface area (Å²) in [5, 5.41) is 12.2. The van der Waals surface area contributed by atoms with Crippen LogP contribution in [0.5, 0.6) is 5.75 Å². The van der Waals surface area contributed by atoms with Gasteiger partial charge in [-0.1, -0.05) is 25.1 Å². The van der Waals surface area contributed by atoms with Gasteiger partial charge in [-0.3, -0.25) is 0 Å². The van der Waals surface area contributed by atoms with E-state index in [2.05, 4.69) is 12.2 Å². The fraction of sp³-hybridized carbons (Fsp3) is 0.562. The number of rotatable bonds is 6. The summed E-state index contributed by atoms with van der Waals surface area (Å²) in [5.74, 6) is 0.555. The molecule has 4 heteroatoms. The topological polar surface area (TPSA) is 58.6 Å². The third-order valence-corrected chi connectivity index (χ3v) is 3.92. The molecule has 0 atom stereocenters. The highest BCUT2D eigenvalue weighted by atomic mass is 16.5. The van der Waals surface area contributed by atoms with Crippen LogP contribution in [0.1, 0.15) is 38.2 Å². The molecule has 2 N–H and O–H groups in total. The average molecular weight is 277 g/mol. The van der Waals surface area contributed by atoms with E-state index in [1.54, 1.807) is 0 Å². The first-order valence-corrected chi connectivity index (χ1v) is 7.31. The Hall–Kier alpha value is -1.55. The van der Waals surface area contributed by atoms with Gasteiger partial charge >= 0.3 is 5.97 Å². The van der Waals surface area contributed by atoms with Crippen molar-refractivity contribution < 1.29 is 14.6 Å². The van der Waals surface area contributed by atoms with E-state index in [4.69, 9.17) is 9.84 Å². The van der Waals surface area contributed by atoms with Crippen LogP contribution in [0.3, 0.4) is 0 Å². The molecule has 1 aliphatic rings. The molecule has 0 spiro atoms. The van der Waals surface area contributed by atoms with Crippen molar-refractivity contribution in [2.45, 2.75) is 45.2 Å². The maximum atomic E-state index is 10.6. The highest BCUT2D eigenvalue weighted by molar-refractivity contribution is 5.68. The predicted molar refractivity (Wildman–Crippen MR) is 77.8 cm³/mol. The van der Waals surface area contributed by atoms with Crippen molar-refractivity contribution in [3.05, 3.63) is 29.8 Å². The van der Waals surface area contributed by atoms with Crippen molar-refractivity contribution in [1.29, 1.82) is 0 Å². The van der Waals surface area contributed by atoms with Gasteiger partial charge in [-0.05, 0) is 37.7 Å². The number of aliphatic carboxylic acids is 1. The molecule has 1 aromatic rings. The molecule has 1 aliphatic carbocycles. The van der Waals surface area contributed by atoms with E-state index in [1.807, 2.05) is 24.3 Å². The minimum Gasteiger partial charge on any atom is -0.482 e. The van der Waals surface area contributed by atoms with E-state index in [0.717, 1.165) is 18.0 Å². The smallest absolute Gasteiger partial charge is 0.341 e. The number of benzene rings is 1. The van der Waals surface area contributed by atoms with E-state index in [1.165, 1.54) is 25.7 Å². The summed E-state index contributed by atoms with van der Waals surface area (Å²) in [4.78, 5) is 10.6. The molecule has 4 nitrogen and oxygen atoms in total. The summed E-state index contributed by atoms with van der Waals surface area (Å²) in [5.41, 5.74) is 1.02. The summed E-state index contributed by atoms with van der Waals surface area (Å²) >= 11 is 0. The molecule has 0 unspecified atom stereocenters. The fourth-order valence-electron chi connectivity index (χ4n) is 2.65. The van der Waals surface area contributed by atoms with E-state index in [0.29, 0.717) is 11.8 Å². The quantitative estimate of drug-likeness (QED) is 0.839. The number of carbonyl (C=O) groups is 1. The second-order valence-corrected chi connectivity index (χ2v) is 5.63. The molecule has 0 saturated heterocycles. The zero-order valence-electron chi connectivity index (χ0n) is 12.0.